The molecule has 0 radical (unpaired) electrons. The number of nitrogen functional groups attached to an aromatic ring is 2. The Balaban J connectivity index is 2.03. The van der Waals surface area contributed by atoms with Gasteiger partial charge in [0.1, 0.15) is 11.6 Å². The van der Waals surface area contributed by atoms with Crippen LogP contribution in [0.5, 0.6) is 0 Å². The molecule has 0 fully saturated rings. The van der Waals surface area contributed by atoms with E-state index in [9.17, 15) is 4.79 Å². The SMILES string of the molecule is Cc1csc(COC(=O)c2ccc(N)cc2N)n1. The molecule has 94 valence electrons. The van der Waals surface area contributed by atoms with E-state index in [0.717, 1.165) is 10.7 Å². The fourth-order valence-electron chi connectivity index (χ4n) is 1.44. The Hall–Kier alpha value is -2.08. The molecule has 0 aliphatic carbocycles. The van der Waals surface area contributed by atoms with E-state index in [1.807, 2.05) is 12.3 Å². The quantitative estimate of drug-likeness (QED) is 0.652. The van der Waals surface area contributed by atoms with Crippen molar-refractivity contribution in [3.05, 3.63) is 39.8 Å². The van der Waals surface area contributed by atoms with E-state index in [-0.39, 0.29) is 6.61 Å². The number of rotatable bonds is 3. The number of hydrogen-bond acceptors (Lipinski definition) is 6. The summed E-state index contributed by atoms with van der Waals surface area (Å²) in [4.78, 5) is 16.0. The number of anilines is 2. The predicted octanol–water partition coefficient (Wildman–Crippen LogP) is 1.97. The molecule has 2 rings (SSSR count). The zero-order valence-electron chi connectivity index (χ0n) is 9.84. The first-order valence-corrected chi connectivity index (χ1v) is 6.17. The lowest BCUT2D eigenvalue weighted by molar-refractivity contribution is 0.0473. The van der Waals surface area contributed by atoms with Crippen LogP contribution in [-0.4, -0.2) is 11.0 Å². The van der Waals surface area contributed by atoms with Crippen molar-refractivity contribution in [3.63, 3.8) is 0 Å². The topological polar surface area (TPSA) is 91.2 Å². The van der Waals surface area contributed by atoms with Gasteiger partial charge in [-0.05, 0) is 25.1 Å². The lowest BCUT2D eigenvalue weighted by atomic mass is 10.1. The number of aromatic nitrogens is 1. The Morgan fingerprint density at radius 2 is 2.22 bits per heavy atom. The molecule has 0 bridgehead atoms. The first-order valence-electron chi connectivity index (χ1n) is 5.29. The van der Waals surface area contributed by atoms with Crippen molar-refractivity contribution in [2.45, 2.75) is 13.5 Å². The molecule has 1 aromatic heterocycles. The van der Waals surface area contributed by atoms with Crippen molar-refractivity contribution >= 4 is 28.7 Å². The van der Waals surface area contributed by atoms with Crippen LogP contribution in [0.3, 0.4) is 0 Å². The number of carbonyl (C=O) groups is 1. The average Bonchev–Trinajstić information content (AvgIpc) is 2.72. The molecular formula is C12H13N3O2S. The molecule has 2 aromatic rings. The van der Waals surface area contributed by atoms with Crippen LogP contribution in [0.25, 0.3) is 0 Å². The normalized spacial score (nSPS) is 10.3. The van der Waals surface area contributed by atoms with Crippen LogP contribution in [-0.2, 0) is 11.3 Å². The molecule has 6 heteroatoms. The van der Waals surface area contributed by atoms with Crippen LogP contribution in [0.15, 0.2) is 23.6 Å². The largest absolute Gasteiger partial charge is 0.455 e. The Bertz CT molecular complexity index is 580. The molecule has 0 aliphatic rings. The average molecular weight is 263 g/mol. The molecule has 1 aromatic carbocycles. The van der Waals surface area contributed by atoms with Gasteiger partial charge in [-0.1, -0.05) is 0 Å². The second-order valence-electron chi connectivity index (χ2n) is 3.81. The molecule has 0 saturated heterocycles. The minimum atomic E-state index is -0.472. The van der Waals surface area contributed by atoms with Crippen molar-refractivity contribution in [1.82, 2.24) is 4.98 Å². The highest BCUT2D eigenvalue weighted by molar-refractivity contribution is 7.09. The highest BCUT2D eigenvalue weighted by atomic mass is 32.1. The number of nitrogens with zero attached hydrogens (tertiary/aromatic N) is 1. The number of hydrogen-bond donors (Lipinski definition) is 2. The first-order chi connectivity index (χ1) is 8.56. The second-order valence-corrected chi connectivity index (χ2v) is 4.75. The highest BCUT2D eigenvalue weighted by Gasteiger charge is 2.12. The highest BCUT2D eigenvalue weighted by Crippen LogP contribution is 2.18. The Morgan fingerprint density at radius 1 is 1.44 bits per heavy atom. The van der Waals surface area contributed by atoms with Gasteiger partial charge < -0.3 is 16.2 Å². The molecule has 0 saturated carbocycles. The van der Waals surface area contributed by atoms with Crippen LogP contribution in [0.4, 0.5) is 11.4 Å². The third-order valence-corrected chi connectivity index (χ3v) is 3.23. The third kappa shape index (κ3) is 2.78. The Kier molecular flexibility index (Phi) is 3.47. The zero-order chi connectivity index (χ0) is 13.1. The van der Waals surface area contributed by atoms with Gasteiger partial charge in [-0.2, -0.15) is 0 Å². The monoisotopic (exact) mass is 263 g/mol. The summed E-state index contributed by atoms with van der Waals surface area (Å²) in [6.45, 7) is 2.04. The van der Waals surface area contributed by atoms with Gasteiger partial charge in [0.25, 0.3) is 0 Å². The molecule has 18 heavy (non-hydrogen) atoms. The summed E-state index contributed by atoms with van der Waals surface area (Å²) in [6, 6.07) is 4.70. The summed E-state index contributed by atoms with van der Waals surface area (Å²) >= 11 is 1.45. The number of ether oxygens (including phenoxy) is 1. The number of esters is 1. The Labute approximate surface area is 108 Å². The van der Waals surface area contributed by atoms with Crippen LogP contribution < -0.4 is 11.5 Å². The number of thiazole rings is 1. The summed E-state index contributed by atoms with van der Waals surface area (Å²) in [5.41, 5.74) is 13.3. The molecule has 5 nitrogen and oxygen atoms in total. The van der Waals surface area contributed by atoms with Gasteiger partial charge in [-0.25, -0.2) is 9.78 Å². The van der Waals surface area contributed by atoms with E-state index in [1.54, 1.807) is 12.1 Å². The molecule has 0 unspecified atom stereocenters. The van der Waals surface area contributed by atoms with Crippen LogP contribution in [0.1, 0.15) is 21.1 Å². The number of nitrogens with two attached hydrogens (primary N) is 2. The summed E-state index contributed by atoms with van der Waals surface area (Å²) in [7, 11) is 0. The van der Waals surface area contributed by atoms with Crippen molar-refractivity contribution < 1.29 is 9.53 Å². The maximum atomic E-state index is 11.8. The molecule has 0 aliphatic heterocycles. The van der Waals surface area contributed by atoms with Crippen LogP contribution in [0.2, 0.25) is 0 Å². The minimum Gasteiger partial charge on any atom is -0.455 e. The fourth-order valence-corrected chi connectivity index (χ4v) is 2.12. The minimum absolute atomic E-state index is 0.154. The lowest BCUT2D eigenvalue weighted by Crippen LogP contribution is -2.08. The van der Waals surface area contributed by atoms with E-state index >= 15 is 0 Å². The molecule has 0 amide bonds. The van der Waals surface area contributed by atoms with Gasteiger partial charge in [0.05, 0.1) is 5.56 Å². The fraction of sp³-hybridized carbons (Fsp3) is 0.167. The summed E-state index contributed by atoms with van der Waals surface area (Å²) in [5.74, 6) is -0.472. The van der Waals surface area contributed by atoms with Gasteiger partial charge in [0.15, 0.2) is 0 Å². The van der Waals surface area contributed by atoms with Gasteiger partial charge in [0.2, 0.25) is 0 Å². The van der Waals surface area contributed by atoms with Gasteiger partial charge in [-0.3, -0.25) is 0 Å². The molecule has 1 heterocycles. The number of carbonyl (C=O) groups excluding carboxylic acids is 1. The second kappa shape index (κ2) is 5.05. The van der Waals surface area contributed by atoms with E-state index in [0.29, 0.717) is 16.9 Å². The molecular weight excluding hydrogens is 250 g/mol. The van der Waals surface area contributed by atoms with Gasteiger partial charge in [-0.15, -0.1) is 11.3 Å². The molecule has 4 N–H and O–H groups in total. The van der Waals surface area contributed by atoms with Crippen molar-refractivity contribution in [1.29, 1.82) is 0 Å². The van der Waals surface area contributed by atoms with E-state index in [4.69, 9.17) is 16.2 Å². The summed E-state index contributed by atoms with van der Waals surface area (Å²) < 4.78 is 5.14. The zero-order valence-corrected chi connectivity index (χ0v) is 10.7. The summed E-state index contributed by atoms with van der Waals surface area (Å²) in [5, 5.41) is 2.66. The standard InChI is InChI=1S/C12H13N3O2S/c1-7-6-18-11(15-7)5-17-12(16)9-3-2-8(13)4-10(9)14/h2-4,6H,5,13-14H2,1H3. The smallest absolute Gasteiger partial charge is 0.340 e. The van der Waals surface area contributed by atoms with E-state index in [1.165, 1.54) is 17.4 Å². The lowest BCUT2D eigenvalue weighted by Gasteiger charge is -2.06. The van der Waals surface area contributed by atoms with Crippen molar-refractivity contribution in [3.8, 4) is 0 Å². The van der Waals surface area contributed by atoms with Gasteiger partial charge >= 0.3 is 5.97 Å². The first kappa shape index (κ1) is 12.4. The molecule has 0 spiro atoms. The maximum Gasteiger partial charge on any atom is 0.340 e. The van der Waals surface area contributed by atoms with Crippen LogP contribution >= 0.6 is 11.3 Å². The third-order valence-electron chi connectivity index (χ3n) is 2.29. The number of benzene rings is 1. The van der Waals surface area contributed by atoms with Gasteiger partial charge in [0, 0.05) is 22.4 Å². The van der Waals surface area contributed by atoms with E-state index in [2.05, 4.69) is 4.98 Å². The maximum absolute atomic E-state index is 11.8. The van der Waals surface area contributed by atoms with Crippen LogP contribution in [0, 0.1) is 6.92 Å². The summed E-state index contributed by atoms with van der Waals surface area (Å²) in [6.07, 6.45) is 0. The van der Waals surface area contributed by atoms with Crippen molar-refractivity contribution in [2.75, 3.05) is 11.5 Å². The van der Waals surface area contributed by atoms with E-state index < -0.39 is 5.97 Å². The predicted molar refractivity (Wildman–Crippen MR) is 71.2 cm³/mol. The Morgan fingerprint density at radius 3 is 2.83 bits per heavy atom. The molecule has 0 atom stereocenters. The number of aryl methyl sites for hydroxylation is 1. The van der Waals surface area contributed by atoms with Crippen molar-refractivity contribution in [2.24, 2.45) is 0 Å².